The number of carbonyl (C=O) groups is 2. The number of halogens is 2. The number of carbonyl (C=O) groups excluding carboxylic acids is 2. The van der Waals surface area contributed by atoms with Crippen LogP contribution in [0.5, 0.6) is 0 Å². The van der Waals surface area contributed by atoms with Gasteiger partial charge in [0.2, 0.25) is 0 Å². The minimum absolute atomic E-state index is 0.0659. The molecule has 8 heteroatoms. The Balaban J connectivity index is 1.45. The van der Waals surface area contributed by atoms with Gasteiger partial charge >= 0.3 is 0 Å². The van der Waals surface area contributed by atoms with E-state index in [1.807, 2.05) is 0 Å². The molecule has 0 saturated heterocycles. The fourth-order valence-electron chi connectivity index (χ4n) is 3.17. The molecule has 0 bridgehead atoms. The summed E-state index contributed by atoms with van der Waals surface area (Å²) in [6, 6.07) is 4.49. The van der Waals surface area contributed by atoms with Crippen LogP contribution >= 0.6 is 23.4 Å². The lowest BCUT2D eigenvalue weighted by Crippen LogP contribution is -2.34. The summed E-state index contributed by atoms with van der Waals surface area (Å²) in [4.78, 5) is 28.2. The molecule has 1 aliphatic carbocycles. The van der Waals surface area contributed by atoms with E-state index in [1.165, 1.54) is 49.2 Å². The lowest BCUT2D eigenvalue weighted by molar-refractivity contribution is -0.117. The number of hydrogen-bond acceptors (Lipinski definition) is 4. The van der Waals surface area contributed by atoms with Crippen LogP contribution in [0.15, 0.2) is 23.2 Å². The Morgan fingerprint density at radius 1 is 1.31 bits per heavy atom. The molecule has 0 radical (unpaired) electrons. The van der Waals surface area contributed by atoms with Gasteiger partial charge in [0.1, 0.15) is 5.82 Å². The van der Waals surface area contributed by atoms with Gasteiger partial charge in [-0.2, -0.15) is 4.99 Å². The zero-order valence-corrected chi connectivity index (χ0v) is 15.8. The minimum atomic E-state index is -0.663. The summed E-state index contributed by atoms with van der Waals surface area (Å²) in [6.45, 7) is 0.249. The highest BCUT2D eigenvalue weighted by Crippen LogP contribution is 2.26. The quantitative estimate of drug-likeness (QED) is 0.797. The van der Waals surface area contributed by atoms with Gasteiger partial charge in [-0.1, -0.05) is 48.7 Å². The smallest absolute Gasteiger partial charge is 0.261 e. The summed E-state index contributed by atoms with van der Waals surface area (Å²) < 4.78 is 13.7. The van der Waals surface area contributed by atoms with Crippen molar-refractivity contribution in [3.63, 3.8) is 0 Å². The third-order valence-corrected chi connectivity index (χ3v) is 6.02. The molecular weight excluding hydrogens is 377 g/mol. The second-order valence-electron chi connectivity index (χ2n) is 6.48. The number of nitrogens with zero attached hydrogens (tertiary/aromatic N) is 1. The number of amides is 2. The molecule has 140 valence electrons. The summed E-state index contributed by atoms with van der Waals surface area (Å²) in [6.07, 6.45) is 6.33. The molecule has 2 amide bonds. The number of rotatable bonds is 5. The summed E-state index contributed by atoms with van der Waals surface area (Å²) in [7, 11) is 0. The number of benzene rings is 1. The van der Waals surface area contributed by atoms with E-state index >= 15 is 0 Å². The largest absolute Gasteiger partial charge is 0.362 e. The van der Waals surface area contributed by atoms with E-state index in [2.05, 4.69) is 15.6 Å². The second kappa shape index (κ2) is 8.86. The van der Waals surface area contributed by atoms with Crippen LogP contribution in [0.2, 0.25) is 5.02 Å². The number of hydrogen-bond donors (Lipinski definition) is 2. The monoisotopic (exact) mass is 397 g/mol. The van der Waals surface area contributed by atoms with Crippen LogP contribution < -0.4 is 10.6 Å². The normalized spacial score (nSPS) is 20.8. The molecule has 1 aromatic carbocycles. The lowest BCUT2D eigenvalue weighted by Gasteiger charge is -2.23. The van der Waals surface area contributed by atoms with E-state index in [1.54, 1.807) is 0 Å². The van der Waals surface area contributed by atoms with E-state index in [4.69, 9.17) is 11.6 Å². The average molecular weight is 398 g/mol. The van der Waals surface area contributed by atoms with Gasteiger partial charge in [0.25, 0.3) is 11.8 Å². The summed E-state index contributed by atoms with van der Waals surface area (Å²) >= 11 is 7.28. The molecule has 0 spiro atoms. The van der Waals surface area contributed by atoms with Crippen molar-refractivity contribution in [2.24, 2.45) is 4.99 Å². The van der Waals surface area contributed by atoms with E-state index in [-0.39, 0.29) is 28.3 Å². The first-order valence-electron chi connectivity index (χ1n) is 8.82. The predicted molar refractivity (Wildman–Crippen MR) is 102 cm³/mol. The maximum atomic E-state index is 13.7. The Morgan fingerprint density at radius 3 is 2.81 bits per heavy atom. The van der Waals surface area contributed by atoms with Crippen molar-refractivity contribution >= 4 is 40.3 Å². The van der Waals surface area contributed by atoms with Gasteiger partial charge in [-0.25, -0.2) is 4.39 Å². The van der Waals surface area contributed by atoms with Gasteiger partial charge in [0.05, 0.1) is 15.8 Å². The highest BCUT2D eigenvalue weighted by atomic mass is 35.5. The van der Waals surface area contributed by atoms with Gasteiger partial charge in [-0.3, -0.25) is 9.59 Å². The molecule has 2 N–H and O–H groups in total. The second-order valence-corrected chi connectivity index (χ2v) is 8.08. The van der Waals surface area contributed by atoms with Crippen molar-refractivity contribution in [3.05, 3.63) is 34.6 Å². The molecule has 1 unspecified atom stereocenters. The van der Waals surface area contributed by atoms with Crippen LogP contribution in [-0.2, 0) is 4.79 Å². The topological polar surface area (TPSA) is 70.6 Å². The van der Waals surface area contributed by atoms with Crippen molar-refractivity contribution in [3.8, 4) is 0 Å². The van der Waals surface area contributed by atoms with Crippen LogP contribution in [0.4, 0.5) is 4.39 Å². The van der Waals surface area contributed by atoms with Crippen LogP contribution in [0, 0.1) is 5.82 Å². The van der Waals surface area contributed by atoms with Crippen LogP contribution in [-0.4, -0.2) is 34.8 Å². The summed E-state index contributed by atoms with van der Waals surface area (Å²) in [5.74, 6) is -1.43. The third kappa shape index (κ3) is 4.76. The lowest BCUT2D eigenvalue weighted by atomic mass is 9.96. The minimum Gasteiger partial charge on any atom is -0.362 e. The molecule has 1 heterocycles. The molecule has 1 saturated carbocycles. The van der Waals surface area contributed by atoms with Crippen molar-refractivity contribution in [2.45, 2.75) is 49.8 Å². The number of amidine groups is 1. The summed E-state index contributed by atoms with van der Waals surface area (Å²) in [5.41, 5.74) is -0.171. The SMILES string of the molecule is O=C(NCCC1SC(NC2CCCCC2)=NC1=O)c1c(F)cccc1Cl. The maximum absolute atomic E-state index is 13.7. The van der Waals surface area contributed by atoms with E-state index in [9.17, 15) is 14.0 Å². The standard InChI is InChI=1S/C18H21ClFN3O2S/c19-12-7-4-8-13(20)15(12)17(25)21-10-9-14-16(24)23-18(26-14)22-11-5-2-1-3-6-11/h4,7-8,11,14H,1-3,5-6,9-10H2,(H,21,25)(H,22,23,24). The highest BCUT2D eigenvalue weighted by molar-refractivity contribution is 8.15. The van der Waals surface area contributed by atoms with Crippen LogP contribution in [0.25, 0.3) is 0 Å². The average Bonchev–Trinajstić information content (AvgIpc) is 2.95. The highest BCUT2D eigenvalue weighted by Gasteiger charge is 2.29. The first-order chi connectivity index (χ1) is 12.5. The number of nitrogens with one attached hydrogen (secondary N) is 2. The van der Waals surface area contributed by atoms with Gasteiger partial charge < -0.3 is 10.6 Å². The van der Waals surface area contributed by atoms with E-state index in [0.29, 0.717) is 17.6 Å². The zero-order chi connectivity index (χ0) is 18.5. The van der Waals surface area contributed by atoms with Crippen molar-refractivity contribution < 1.29 is 14.0 Å². The maximum Gasteiger partial charge on any atom is 0.261 e. The fraction of sp³-hybridized carbons (Fsp3) is 0.500. The van der Waals surface area contributed by atoms with E-state index in [0.717, 1.165) is 12.8 Å². The predicted octanol–water partition coefficient (Wildman–Crippen LogP) is 3.52. The van der Waals surface area contributed by atoms with Crippen LogP contribution in [0.1, 0.15) is 48.9 Å². The third-order valence-electron chi connectivity index (χ3n) is 4.56. The molecule has 26 heavy (non-hydrogen) atoms. The Hall–Kier alpha value is -1.60. The molecule has 5 nitrogen and oxygen atoms in total. The van der Waals surface area contributed by atoms with E-state index < -0.39 is 11.7 Å². The van der Waals surface area contributed by atoms with Crippen molar-refractivity contribution in [1.29, 1.82) is 0 Å². The Morgan fingerprint density at radius 2 is 2.08 bits per heavy atom. The molecule has 1 fully saturated rings. The molecule has 2 aliphatic rings. The first-order valence-corrected chi connectivity index (χ1v) is 10.1. The zero-order valence-electron chi connectivity index (χ0n) is 14.3. The number of aliphatic imine (C=N–C) groups is 1. The van der Waals surface area contributed by atoms with Crippen molar-refractivity contribution in [2.75, 3.05) is 6.54 Å². The molecule has 1 atom stereocenters. The Labute approximate surface area is 161 Å². The Bertz CT molecular complexity index is 702. The van der Waals surface area contributed by atoms with Gasteiger partial charge in [-0.15, -0.1) is 0 Å². The van der Waals surface area contributed by atoms with Gasteiger partial charge in [-0.05, 0) is 31.4 Å². The Kier molecular flexibility index (Phi) is 6.53. The van der Waals surface area contributed by atoms with Crippen molar-refractivity contribution in [1.82, 2.24) is 10.6 Å². The van der Waals surface area contributed by atoms with Crippen LogP contribution in [0.3, 0.4) is 0 Å². The van der Waals surface area contributed by atoms with Gasteiger partial charge in [0.15, 0.2) is 5.17 Å². The summed E-state index contributed by atoms with van der Waals surface area (Å²) in [5, 5.41) is 6.40. The number of thioether (sulfide) groups is 1. The molecule has 1 aromatic rings. The molecular formula is C18H21ClFN3O2S. The molecule has 1 aliphatic heterocycles. The molecule has 0 aromatic heterocycles. The van der Waals surface area contributed by atoms with Gasteiger partial charge in [0, 0.05) is 12.6 Å². The molecule has 3 rings (SSSR count). The first kappa shape index (κ1) is 19.2. The fourth-order valence-corrected chi connectivity index (χ4v) is 4.46.